The minimum Gasteiger partial charge on any atom is -0.296 e. The Morgan fingerprint density at radius 3 is 2.94 bits per heavy atom. The highest BCUT2D eigenvalue weighted by atomic mass is 32.1. The molecule has 0 radical (unpaired) electrons. The Bertz CT molecular complexity index is 692. The van der Waals surface area contributed by atoms with Crippen molar-refractivity contribution < 1.29 is 4.52 Å². The molecule has 0 fully saturated rings. The Labute approximate surface area is 100 Å². The molecule has 0 saturated heterocycles. The van der Waals surface area contributed by atoms with E-state index in [0.717, 1.165) is 15.2 Å². The zero-order valence-electron chi connectivity index (χ0n) is 9.08. The molecule has 0 bridgehead atoms. The van der Waals surface area contributed by atoms with Crippen molar-refractivity contribution in [3.63, 3.8) is 0 Å². The third kappa shape index (κ3) is 1.76. The van der Waals surface area contributed by atoms with E-state index in [0.29, 0.717) is 12.4 Å². The van der Waals surface area contributed by atoms with Crippen LogP contribution in [0.3, 0.4) is 0 Å². The minimum atomic E-state index is -0.443. The maximum atomic E-state index is 11.4. The number of hydrogen-bond donors (Lipinski definition) is 0. The number of rotatable bonds is 2. The summed E-state index contributed by atoms with van der Waals surface area (Å²) in [5.74, 6) is 0.121. The molecule has 2 heterocycles. The number of aryl methyl sites for hydroxylation is 1. The highest BCUT2D eigenvalue weighted by molar-refractivity contribution is 7.18. The summed E-state index contributed by atoms with van der Waals surface area (Å²) in [5, 5.41) is 4.49. The fraction of sp³-hybridized carbons (Fsp3) is 0.182. The quantitative estimate of drug-likeness (QED) is 0.692. The van der Waals surface area contributed by atoms with Gasteiger partial charge in [-0.25, -0.2) is 9.78 Å². The second-order valence-electron chi connectivity index (χ2n) is 3.66. The third-order valence-corrected chi connectivity index (χ3v) is 3.52. The van der Waals surface area contributed by atoms with Crippen molar-refractivity contribution in [1.82, 2.24) is 14.7 Å². The summed E-state index contributed by atoms with van der Waals surface area (Å²) < 4.78 is 7.16. The number of hydrogen-bond acceptors (Lipinski definition) is 5. The van der Waals surface area contributed by atoms with Crippen LogP contribution in [0.5, 0.6) is 0 Å². The molecule has 3 rings (SSSR count). The Balaban J connectivity index is 2.03. The van der Waals surface area contributed by atoms with Gasteiger partial charge in [0.05, 0.1) is 16.8 Å². The van der Waals surface area contributed by atoms with Crippen LogP contribution >= 0.6 is 11.3 Å². The second kappa shape index (κ2) is 3.81. The summed E-state index contributed by atoms with van der Waals surface area (Å²) >= 11 is 1.57. The van der Waals surface area contributed by atoms with Crippen molar-refractivity contribution in [3.8, 4) is 0 Å². The summed E-state index contributed by atoms with van der Waals surface area (Å²) in [4.78, 5) is 15.8. The summed E-state index contributed by atoms with van der Waals surface area (Å²) in [6.07, 6.45) is 0. The Morgan fingerprint density at radius 2 is 2.24 bits per heavy atom. The van der Waals surface area contributed by atoms with Gasteiger partial charge in [0, 0.05) is 0 Å². The SMILES string of the molecule is Cc1noc(=O)n1Cc1nc2ccccc2s1. The van der Waals surface area contributed by atoms with E-state index in [4.69, 9.17) is 0 Å². The Morgan fingerprint density at radius 1 is 1.41 bits per heavy atom. The van der Waals surface area contributed by atoms with E-state index >= 15 is 0 Å². The molecule has 17 heavy (non-hydrogen) atoms. The number of aromatic nitrogens is 3. The van der Waals surface area contributed by atoms with E-state index in [1.54, 1.807) is 18.3 Å². The molecule has 3 aromatic rings. The van der Waals surface area contributed by atoms with Crippen molar-refractivity contribution in [1.29, 1.82) is 0 Å². The van der Waals surface area contributed by atoms with Crippen molar-refractivity contribution in [2.75, 3.05) is 0 Å². The van der Waals surface area contributed by atoms with Crippen LogP contribution in [0.25, 0.3) is 10.2 Å². The van der Waals surface area contributed by atoms with Gasteiger partial charge in [0.25, 0.3) is 0 Å². The van der Waals surface area contributed by atoms with Gasteiger partial charge in [-0.2, -0.15) is 0 Å². The van der Waals surface area contributed by atoms with E-state index in [9.17, 15) is 4.79 Å². The molecular weight excluding hydrogens is 238 g/mol. The summed E-state index contributed by atoms with van der Waals surface area (Å²) in [6.45, 7) is 2.14. The molecule has 0 atom stereocenters. The molecule has 2 aromatic heterocycles. The zero-order chi connectivity index (χ0) is 11.8. The standard InChI is InChI=1S/C11H9N3O2S/c1-7-13-16-11(15)14(7)6-10-12-8-4-2-3-5-9(8)17-10/h2-5H,6H2,1H3. The van der Waals surface area contributed by atoms with Crippen LogP contribution in [-0.2, 0) is 6.54 Å². The van der Waals surface area contributed by atoms with Crippen molar-refractivity contribution in [2.24, 2.45) is 0 Å². The molecular formula is C11H9N3O2S. The molecule has 0 saturated carbocycles. The lowest BCUT2D eigenvalue weighted by Gasteiger charge is -1.95. The predicted octanol–water partition coefficient (Wildman–Crippen LogP) is 1.80. The first-order chi connectivity index (χ1) is 8.24. The normalized spacial score (nSPS) is 11.1. The summed E-state index contributed by atoms with van der Waals surface area (Å²) in [5.41, 5.74) is 0.953. The van der Waals surface area contributed by atoms with Gasteiger partial charge in [0.15, 0.2) is 5.82 Å². The minimum absolute atomic E-state index is 0.410. The average molecular weight is 247 g/mol. The lowest BCUT2D eigenvalue weighted by molar-refractivity contribution is 0.375. The smallest absolute Gasteiger partial charge is 0.296 e. The van der Waals surface area contributed by atoms with E-state index in [1.165, 1.54) is 4.57 Å². The van der Waals surface area contributed by atoms with Gasteiger partial charge in [0.2, 0.25) is 0 Å². The number of benzene rings is 1. The predicted molar refractivity (Wildman–Crippen MR) is 64.2 cm³/mol. The molecule has 0 aliphatic heterocycles. The molecule has 86 valence electrons. The van der Waals surface area contributed by atoms with Crippen LogP contribution in [0.15, 0.2) is 33.6 Å². The van der Waals surface area contributed by atoms with Crippen LogP contribution in [0.4, 0.5) is 0 Å². The lowest BCUT2D eigenvalue weighted by atomic mass is 10.3. The molecule has 0 spiro atoms. The molecule has 5 nitrogen and oxygen atoms in total. The lowest BCUT2D eigenvalue weighted by Crippen LogP contribution is -2.16. The van der Waals surface area contributed by atoms with E-state index in [-0.39, 0.29) is 0 Å². The largest absolute Gasteiger partial charge is 0.441 e. The monoisotopic (exact) mass is 247 g/mol. The first-order valence-electron chi connectivity index (χ1n) is 5.11. The fourth-order valence-corrected chi connectivity index (χ4v) is 2.59. The van der Waals surface area contributed by atoms with Crippen molar-refractivity contribution in [3.05, 3.63) is 45.6 Å². The number of nitrogens with zero attached hydrogens (tertiary/aromatic N) is 3. The van der Waals surface area contributed by atoms with Crippen LogP contribution in [0.2, 0.25) is 0 Å². The molecule has 0 amide bonds. The molecule has 0 aliphatic carbocycles. The van der Waals surface area contributed by atoms with Gasteiger partial charge in [0.1, 0.15) is 5.01 Å². The summed E-state index contributed by atoms with van der Waals surface area (Å²) in [6, 6.07) is 7.89. The fourth-order valence-electron chi connectivity index (χ4n) is 1.64. The van der Waals surface area contributed by atoms with Gasteiger partial charge in [-0.3, -0.25) is 9.09 Å². The van der Waals surface area contributed by atoms with E-state index in [2.05, 4.69) is 14.7 Å². The molecule has 6 heteroatoms. The highest BCUT2D eigenvalue weighted by Crippen LogP contribution is 2.21. The maximum Gasteiger partial charge on any atom is 0.441 e. The topological polar surface area (TPSA) is 60.9 Å². The average Bonchev–Trinajstić information content (AvgIpc) is 2.87. The van der Waals surface area contributed by atoms with Gasteiger partial charge in [-0.1, -0.05) is 17.3 Å². The highest BCUT2D eigenvalue weighted by Gasteiger charge is 2.09. The van der Waals surface area contributed by atoms with Gasteiger partial charge >= 0.3 is 5.76 Å². The van der Waals surface area contributed by atoms with Gasteiger partial charge in [-0.15, -0.1) is 11.3 Å². The van der Waals surface area contributed by atoms with E-state index < -0.39 is 5.76 Å². The molecule has 0 N–H and O–H groups in total. The Hall–Kier alpha value is -1.95. The number of fused-ring (bicyclic) bond motifs is 1. The van der Waals surface area contributed by atoms with Crippen LogP contribution in [0.1, 0.15) is 10.8 Å². The summed E-state index contributed by atoms with van der Waals surface area (Å²) in [7, 11) is 0. The number of thiazole rings is 1. The molecule has 1 aromatic carbocycles. The van der Waals surface area contributed by atoms with Gasteiger partial charge in [-0.05, 0) is 19.1 Å². The second-order valence-corrected chi connectivity index (χ2v) is 4.77. The third-order valence-electron chi connectivity index (χ3n) is 2.50. The number of para-hydroxylation sites is 1. The van der Waals surface area contributed by atoms with Crippen molar-refractivity contribution >= 4 is 21.6 Å². The zero-order valence-corrected chi connectivity index (χ0v) is 9.90. The maximum absolute atomic E-state index is 11.4. The van der Waals surface area contributed by atoms with Crippen LogP contribution < -0.4 is 5.76 Å². The van der Waals surface area contributed by atoms with Gasteiger partial charge < -0.3 is 0 Å². The Kier molecular flexibility index (Phi) is 2.29. The first kappa shape index (κ1) is 10.2. The van der Waals surface area contributed by atoms with Crippen LogP contribution in [0, 0.1) is 6.92 Å². The van der Waals surface area contributed by atoms with Crippen LogP contribution in [-0.4, -0.2) is 14.7 Å². The van der Waals surface area contributed by atoms with Crippen molar-refractivity contribution in [2.45, 2.75) is 13.5 Å². The molecule has 0 unspecified atom stereocenters. The van der Waals surface area contributed by atoms with E-state index in [1.807, 2.05) is 24.3 Å². The molecule has 0 aliphatic rings. The first-order valence-corrected chi connectivity index (χ1v) is 5.93.